The molecule has 1 aromatic carbocycles. The lowest BCUT2D eigenvalue weighted by molar-refractivity contribution is 0.359. The van der Waals surface area contributed by atoms with Gasteiger partial charge in [0.05, 0.1) is 5.03 Å². The molecule has 70 valence electrons. The number of halogens is 2. The minimum Gasteiger partial charge on any atom is -0.488 e. The highest BCUT2D eigenvalue weighted by Gasteiger charge is 1.95. The second-order valence-corrected chi connectivity index (χ2v) is 3.12. The first-order chi connectivity index (χ1) is 6.22. The first-order valence-corrected chi connectivity index (χ1v) is 4.47. The van der Waals surface area contributed by atoms with Crippen molar-refractivity contribution in [3.63, 3.8) is 0 Å². The van der Waals surface area contributed by atoms with E-state index in [2.05, 4.69) is 0 Å². The molecule has 0 spiro atoms. The predicted molar refractivity (Wildman–Crippen MR) is 56.1 cm³/mol. The smallest absolute Gasteiger partial charge is 0.125 e. The van der Waals surface area contributed by atoms with Crippen LogP contribution in [-0.2, 0) is 0 Å². The van der Waals surface area contributed by atoms with E-state index in [4.69, 9.17) is 33.7 Å². The Balaban J connectivity index is 2.55. The number of nitrogen functional groups attached to an aromatic ring is 1. The van der Waals surface area contributed by atoms with Gasteiger partial charge < -0.3 is 10.5 Å². The monoisotopic (exact) mass is 217 g/mol. The van der Waals surface area contributed by atoms with Crippen molar-refractivity contribution in [2.75, 3.05) is 12.3 Å². The molecule has 0 aliphatic carbocycles. The van der Waals surface area contributed by atoms with Crippen molar-refractivity contribution < 1.29 is 4.74 Å². The second kappa shape index (κ2) is 5.00. The molecule has 0 heterocycles. The van der Waals surface area contributed by atoms with E-state index in [0.717, 1.165) is 0 Å². The molecule has 0 atom stereocenters. The zero-order valence-electron chi connectivity index (χ0n) is 6.84. The summed E-state index contributed by atoms with van der Waals surface area (Å²) >= 11 is 11.0. The summed E-state index contributed by atoms with van der Waals surface area (Å²) in [7, 11) is 0. The molecule has 0 aromatic heterocycles. The molecule has 0 saturated heterocycles. The van der Waals surface area contributed by atoms with Gasteiger partial charge in [-0.2, -0.15) is 0 Å². The summed E-state index contributed by atoms with van der Waals surface area (Å²) in [4.78, 5) is 0. The second-order valence-electron chi connectivity index (χ2n) is 2.42. The number of nitrogens with two attached hydrogens (primary N) is 1. The highest BCUT2D eigenvalue weighted by molar-refractivity contribution is 6.36. The van der Waals surface area contributed by atoms with Crippen molar-refractivity contribution >= 4 is 28.9 Å². The molecule has 0 amide bonds. The van der Waals surface area contributed by atoms with Crippen LogP contribution in [0.15, 0.2) is 34.8 Å². The average Bonchev–Trinajstić information content (AvgIpc) is 2.14. The molecule has 0 unspecified atom stereocenters. The minimum absolute atomic E-state index is 0.258. The largest absolute Gasteiger partial charge is 0.488 e. The van der Waals surface area contributed by atoms with Crippen LogP contribution in [0.25, 0.3) is 0 Å². The lowest BCUT2D eigenvalue weighted by Gasteiger charge is -2.04. The lowest BCUT2D eigenvalue weighted by atomic mass is 10.3. The van der Waals surface area contributed by atoms with Crippen LogP contribution >= 0.6 is 23.2 Å². The van der Waals surface area contributed by atoms with Crippen LogP contribution in [-0.4, -0.2) is 6.61 Å². The number of rotatable bonds is 3. The summed E-state index contributed by atoms with van der Waals surface area (Å²) in [5.41, 5.74) is 7.47. The third-order valence-corrected chi connectivity index (χ3v) is 1.95. The third-order valence-electron chi connectivity index (χ3n) is 1.35. The van der Waals surface area contributed by atoms with Crippen LogP contribution in [0.1, 0.15) is 0 Å². The maximum Gasteiger partial charge on any atom is 0.125 e. The molecule has 0 radical (unpaired) electrons. The standard InChI is InChI=1S/C9H9Cl2NO/c10-5-7(11)6-13-9-3-1-2-8(12)4-9/h1-5H,6,12H2/b7-5-. The Morgan fingerprint density at radius 1 is 1.54 bits per heavy atom. The van der Waals surface area contributed by atoms with Gasteiger partial charge in [-0.1, -0.05) is 29.3 Å². The highest BCUT2D eigenvalue weighted by Crippen LogP contribution is 2.16. The molecule has 0 fully saturated rings. The highest BCUT2D eigenvalue weighted by atomic mass is 35.5. The Morgan fingerprint density at radius 2 is 2.31 bits per heavy atom. The fourth-order valence-electron chi connectivity index (χ4n) is 0.788. The van der Waals surface area contributed by atoms with Crippen molar-refractivity contribution in [3.8, 4) is 5.75 Å². The fraction of sp³-hybridized carbons (Fsp3) is 0.111. The van der Waals surface area contributed by atoms with E-state index in [1.807, 2.05) is 6.07 Å². The summed E-state index contributed by atoms with van der Waals surface area (Å²) in [6.45, 7) is 0.258. The zero-order chi connectivity index (χ0) is 9.68. The van der Waals surface area contributed by atoms with Crippen molar-refractivity contribution in [2.45, 2.75) is 0 Å². The predicted octanol–water partition coefficient (Wildman–Crippen LogP) is 2.97. The normalized spacial score (nSPS) is 11.4. The summed E-state index contributed by atoms with van der Waals surface area (Å²) in [5, 5.41) is 0.448. The van der Waals surface area contributed by atoms with E-state index in [-0.39, 0.29) is 6.61 Å². The molecule has 0 bridgehead atoms. The molecule has 13 heavy (non-hydrogen) atoms. The molecule has 0 aliphatic heterocycles. The van der Waals surface area contributed by atoms with E-state index >= 15 is 0 Å². The average molecular weight is 218 g/mol. The van der Waals surface area contributed by atoms with Gasteiger partial charge in [0.15, 0.2) is 0 Å². The van der Waals surface area contributed by atoms with Crippen LogP contribution in [0.4, 0.5) is 5.69 Å². The van der Waals surface area contributed by atoms with Crippen molar-refractivity contribution in [2.24, 2.45) is 0 Å². The first kappa shape index (κ1) is 10.2. The maximum absolute atomic E-state index is 5.63. The Bertz CT molecular complexity index is 312. The van der Waals surface area contributed by atoms with Gasteiger partial charge in [-0.15, -0.1) is 0 Å². The van der Waals surface area contributed by atoms with Gasteiger partial charge in [0, 0.05) is 17.3 Å². The molecule has 1 aromatic rings. The Hall–Kier alpha value is -0.860. The van der Waals surface area contributed by atoms with E-state index in [0.29, 0.717) is 16.5 Å². The molecule has 0 saturated carbocycles. The molecule has 2 N–H and O–H groups in total. The van der Waals surface area contributed by atoms with Gasteiger partial charge in [-0.3, -0.25) is 0 Å². The SMILES string of the molecule is Nc1cccc(OC/C(Cl)=C/Cl)c1. The van der Waals surface area contributed by atoms with Gasteiger partial charge in [0.2, 0.25) is 0 Å². The Kier molecular flexibility index (Phi) is 3.93. The molecule has 2 nitrogen and oxygen atoms in total. The molecule has 1 rings (SSSR count). The summed E-state index contributed by atoms with van der Waals surface area (Å²) in [5.74, 6) is 0.677. The number of ether oxygens (including phenoxy) is 1. The van der Waals surface area contributed by atoms with Crippen molar-refractivity contribution in [3.05, 3.63) is 34.8 Å². The third kappa shape index (κ3) is 3.57. The van der Waals surface area contributed by atoms with E-state index < -0.39 is 0 Å². The van der Waals surface area contributed by atoms with Gasteiger partial charge in [0.25, 0.3) is 0 Å². The first-order valence-electron chi connectivity index (χ1n) is 3.65. The molecule has 4 heteroatoms. The summed E-state index contributed by atoms with van der Waals surface area (Å²) in [6, 6.07) is 7.11. The topological polar surface area (TPSA) is 35.2 Å². The van der Waals surface area contributed by atoms with Crippen LogP contribution in [0, 0.1) is 0 Å². The van der Waals surface area contributed by atoms with Crippen LogP contribution in [0.5, 0.6) is 5.75 Å². The van der Waals surface area contributed by atoms with Crippen LogP contribution in [0.3, 0.4) is 0 Å². The van der Waals surface area contributed by atoms with Crippen LogP contribution in [0.2, 0.25) is 0 Å². The molecular formula is C9H9Cl2NO. The molecule has 0 aliphatic rings. The number of benzene rings is 1. The van der Waals surface area contributed by atoms with Gasteiger partial charge in [-0.05, 0) is 12.1 Å². The minimum atomic E-state index is 0.258. The van der Waals surface area contributed by atoms with Gasteiger partial charge in [0.1, 0.15) is 12.4 Å². The fourth-order valence-corrected chi connectivity index (χ4v) is 0.906. The van der Waals surface area contributed by atoms with Crippen molar-refractivity contribution in [1.82, 2.24) is 0 Å². The lowest BCUT2D eigenvalue weighted by Crippen LogP contribution is -1.97. The van der Waals surface area contributed by atoms with Crippen molar-refractivity contribution in [1.29, 1.82) is 0 Å². The zero-order valence-corrected chi connectivity index (χ0v) is 8.35. The van der Waals surface area contributed by atoms with Gasteiger partial charge >= 0.3 is 0 Å². The Labute approximate surface area is 86.9 Å². The Morgan fingerprint density at radius 3 is 2.92 bits per heavy atom. The number of hydrogen-bond acceptors (Lipinski definition) is 2. The summed E-state index contributed by atoms with van der Waals surface area (Å²) < 4.78 is 5.27. The van der Waals surface area contributed by atoms with E-state index in [9.17, 15) is 0 Å². The van der Waals surface area contributed by atoms with E-state index in [1.165, 1.54) is 5.54 Å². The van der Waals surface area contributed by atoms with Gasteiger partial charge in [-0.25, -0.2) is 0 Å². The number of hydrogen-bond donors (Lipinski definition) is 1. The van der Waals surface area contributed by atoms with Crippen LogP contribution < -0.4 is 10.5 Å². The summed E-state index contributed by atoms with van der Waals surface area (Å²) in [6.07, 6.45) is 0. The van der Waals surface area contributed by atoms with E-state index in [1.54, 1.807) is 18.2 Å². The number of anilines is 1. The quantitative estimate of drug-likeness (QED) is 0.791. The molecular weight excluding hydrogens is 209 g/mol. The maximum atomic E-state index is 5.63.